The minimum atomic E-state index is -0.420. The molecule has 0 aromatic carbocycles. The van der Waals surface area contributed by atoms with E-state index >= 15 is 0 Å². The van der Waals surface area contributed by atoms with E-state index in [1.54, 1.807) is 18.2 Å². The Balaban J connectivity index is 1.81. The number of halogens is 1. The topological polar surface area (TPSA) is 60.7 Å². The SMILES string of the molecule is Cc1ccc(C(=O)OCc2cc(=O)n3cc(Cl)ccc3n2)s1. The first-order valence-electron chi connectivity index (χ1n) is 6.44. The second-order valence-electron chi connectivity index (χ2n) is 4.65. The normalized spacial score (nSPS) is 10.8. The summed E-state index contributed by atoms with van der Waals surface area (Å²) in [5.41, 5.74) is 0.578. The van der Waals surface area contributed by atoms with Gasteiger partial charge in [-0.25, -0.2) is 9.78 Å². The van der Waals surface area contributed by atoms with Crippen molar-refractivity contribution in [2.75, 3.05) is 0 Å². The van der Waals surface area contributed by atoms with Crippen LogP contribution in [0.25, 0.3) is 5.65 Å². The molecule has 0 unspecified atom stereocenters. The molecule has 0 bridgehead atoms. The van der Waals surface area contributed by atoms with Crippen molar-refractivity contribution in [2.45, 2.75) is 13.5 Å². The highest BCUT2D eigenvalue weighted by atomic mass is 35.5. The molecule has 22 heavy (non-hydrogen) atoms. The summed E-state index contributed by atoms with van der Waals surface area (Å²) < 4.78 is 6.53. The molecule has 5 nitrogen and oxygen atoms in total. The maximum absolute atomic E-state index is 12.0. The number of carbonyl (C=O) groups excluding carboxylic acids is 1. The van der Waals surface area contributed by atoms with E-state index in [0.29, 0.717) is 21.2 Å². The lowest BCUT2D eigenvalue weighted by molar-refractivity contribution is 0.0473. The van der Waals surface area contributed by atoms with Crippen LogP contribution >= 0.6 is 22.9 Å². The van der Waals surface area contributed by atoms with Crippen LogP contribution in [0.3, 0.4) is 0 Å². The number of aromatic nitrogens is 2. The molecule has 0 amide bonds. The fourth-order valence-corrected chi connectivity index (χ4v) is 2.88. The number of rotatable bonds is 3. The molecule has 3 aromatic heterocycles. The average Bonchev–Trinajstić information content (AvgIpc) is 2.92. The van der Waals surface area contributed by atoms with Gasteiger partial charge in [0.1, 0.15) is 17.1 Å². The van der Waals surface area contributed by atoms with Crippen LogP contribution in [0.5, 0.6) is 0 Å². The first-order valence-corrected chi connectivity index (χ1v) is 7.64. The van der Waals surface area contributed by atoms with Crippen LogP contribution in [0.2, 0.25) is 5.02 Å². The fourth-order valence-electron chi connectivity index (χ4n) is 1.95. The minimum Gasteiger partial charge on any atom is -0.455 e. The summed E-state index contributed by atoms with van der Waals surface area (Å²) in [6.45, 7) is 1.86. The smallest absolute Gasteiger partial charge is 0.348 e. The molecule has 3 heterocycles. The van der Waals surface area contributed by atoms with Gasteiger partial charge < -0.3 is 4.74 Å². The predicted octanol–water partition coefficient (Wildman–Crippen LogP) is 3.07. The highest BCUT2D eigenvalue weighted by Crippen LogP contribution is 2.16. The van der Waals surface area contributed by atoms with Gasteiger partial charge >= 0.3 is 5.97 Å². The van der Waals surface area contributed by atoms with E-state index in [0.717, 1.165) is 4.88 Å². The van der Waals surface area contributed by atoms with E-state index in [9.17, 15) is 9.59 Å². The molecule has 0 atom stereocenters. The average molecular weight is 335 g/mol. The number of nitrogens with zero attached hydrogens (tertiary/aromatic N) is 2. The number of aryl methyl sites for hydroxylation is 1. The summed E-state index contributed by atoms with van der Waals surface area (Å²) in [6.07, 6.45) is 1.50. The van der Waals surface area contributed by atoms with E-state index in [1.807, 2.05) is 13.0 Å². The molecular weight excluding hydrogens is 324 g/mol. The number of fused-ring (bicyclic) bond motifs is 1. The Morgan fingerprint density at radius 2 is 2.18 bits per heavy atom. The van der Waals surface area contributed by atoms with Gasteiger partial charge in [-0.2, -0.15) is 0 Å². The maximum Gasteiger partial charge on any atom is 0.348 e. The standard InChI is InChI=1S/C15H11ClN2O3S/c1-9-2-4-12(22-9)15(20)21-8-11-6-14(19)18-7-10(16)3-5-13(18)17-11/h2-7H,8H2,1H3. The van der Waals surface area contributed by atoms with Crippen LogP contribution in [0, 0.1) is 6.92 Å². The van der Waals surface area contributed by atoms with Crippen LogP contribution in [-0.4, -0.2) is 15.4 Å². The first kappa shape index (κ1) is 14.7. The highest BCUT2D eigenvalue weighted by Gasteiger charge is 2.11. The Kier molecular flexibility index (Phi) is 3.96. The third-order valence-electron chi connectivity index (χ3n) is 2.97. The third-order valence-corrected chi connectivity index (χ3v) is 4.17. The number of hydrogen-bond acceptors (Lipinski definition) is 5. The molecule has 0 spiro atoms. The number of esters is 1. The van der Waals surface area contributed by atoms with E-state index in [1.165, 1.54) is 28.0 Å². The Labute approximate surface area is 134 Å². The van der Waals surface area contributed by atoms with Crippen molar-refractivity contribution < 1.29 is 9.53 Å². The summed E-state index contributed by atoms with van der Waals surface area (Å²) in [7, 11) is 0. The molecule has 0 aliphatic heterocycles. The van der Waals surface area contributed by atoms with Crippen molar-refractivity contribution in [1.29, 1.82) is 0 Å². The van der Waals surface area contributed by atoms with Gasteiger partial charge in [-0.3, -0.25) is 9.20 Å². The molecule has 7 heteroatoms. The molecule has 0 saturated heterocycles. The number of pyridine rings is 1. The molecule has 0 aliphatic carbocycles. The van der Waals surface area contributed by atoms with Crippen LogP contribution < -0.4 is 5.56 Å². The number of hydrogen-bond donors (Lipinski definition) is 0. The van der Waals surface area contributed by atoms with Crippen LogP contribution in [0.1, 0.15) is 20.2 Å². The minimum absolute atomic E-state index is 0.0514. The Morgan fingerprint density at radius 1 is 1.36 bits per heavy atom. The van der Waals surface area contributed by atoms with Gasteiger partial charge in [0.25, 0.3) is 5.56 Å². The first-order chi connectivity index (χ1) is 10.5. The number of thiophene rings is 1. The van der Waals surface area contributed by atoms with Gasteiger partial charge in [-0.15, -0.1) is 11.3 Å². The zero-order valence-corrected chi connectivity index (χ0v) is 13.1. The van der Waals surface area contributed by atoms with Gasteiger partial charge in [0.15, 0.2) is 0 Å². The summed E-state index contributed by atoms with van der Waals surface area (Å²) >= 11 is 7.21. The maximum atomic E-state index is 12.0. The fraction of sp³-hybridized carbons (Fsp3) is 0.133. The molecule has 0 fully saturated rings. The van der Waals surface area contributed by atoms with Gasteiger partial charge in [0.05, 0.1) is 10.7 Å². The molecule has 3 aromatic rings. The lowest BCUT2D eigenvalue weighted by Crippen LogP contribution is -2.16. The van der Waals surface area contributed by atoms with Gasteiger partial charge in [-0.05, 0) is 31.2 Å². The molecule has 0 radical (unpaired) electrons. The number of carbonyl (C=O) groups is 1. The van der Waals surface area contributed by atoms with E-state index < -0.39 is 5.97 Å². The van der Waals surface area contributed by atoms with Crippen molar-refractivity contribution in [3.63, 3.8) is 0 Å². The Morgan fingerprint density at radius 3 is 2.91 bits per heavy atom. The predicted molar refractivity (Wildman–Crippen MR) is 84.6 cm³/mol. The zero-order valence-electron chi connectivity index (χ0n) is 11.6. The molecule has 0 N–H and O–H groups in total. The van der Waals surface area contributed by atoms with Gasteiger partial charge in [0, 0.05) is 17.1 Å². The molecule has 0 aliphatic rings. The largest absolute Gasteiger partial charge is 0.455 e. The highest BCUT2D eigenvalue weighted by molar-refractivity contribution is 7.13. The quantitative estimate of drug-likeness (QED) is 0.691. The summed E-state index contributed by atoms with van der Waals surface area (Å²) in [5, 5.41) is 0.448. The van der Waals surface area contributed by atoms with Crippen molar-refractivity contribution >= 4 is 34.6 Å². The number of ether oxygens (including phenoxy) is 1. The monoisotopic (exact) mass is 334 g/mol. The van der Waals surface area contributed by atoms with Crippen LogP contribution in [0.4, 0.5) is 0 Å². The lowest BCUT2D eigenvalue weighted by Gasteiger charge is -2.05. The van der Waals surface area contributed by atoms with Crippen molar-refractivity contribution in [3.05, 3.63) is 67.4 Å². The molecular formula is C15H11ClN2O3S. The van der Waals surface area contributed by atoms with Crippen molar-refractivity contribution in [1.82, 2.24) is 9.38 Å². The summed E-state index contributed by atoms with van der Waals surface area (Å²) in [5.74, 6) is -0.420. The molecule has 0 saturated carbocycles. The van der Waals surface area contributed by atoms with E-state index in [4.69, 9.17) is 16.3 Å². The second kappa shape index (κ2) is 5.90. The van der Waals surface area contributed by atoms with Crippen molar-refractivity contribution in [3.8, 4) is 0 Å². The molecule has 3 rings (SSSR count). The Bertz CT molecular complexity index is 917. The summed E-state index contributed by atoms with van der Waals surface area (Å²) in [6, 6.07) is 8.18. The van der Waals surface area contributed by atoms with E-state index in [2.05, 4.69) is 4.98 Å². The van der Waals surface area contributed by atoms with E-state index in [-0.39, 0.29) is 12.2 Å². The van der Waals surface area contributed by atoms with Crippen LogP contribution in [0.15, 0.2) is 41.3 Å². The second-order valence-corrected chi connectivity index (χ2v) is 6.37. The van der Waals surface area contributed by atoms with Crippen molar-refractivity contribution in [2.24, 2.45) is 0 Å². The van der Waals surface area contributed by atoms with Gasteiger partial charge in [0.2, 0.25) is 0 Å². The Hall–Kier alpha value is -2.18. The molecule has 112 valence electrons. The van der Waals surface area contributed by atoms with Crippen LogP contribution in [-0.2, 0) is 11.3 Å². The third kappa shape index (κ3) is 3.03. The zero-order chi connectivity index (χ0) is 15.7. The van der Waals surface area contributed by atoms with Gasteiger partial charge in [-0.1, -0.05) is 11.6 Å². The lowest BCUT2D eigenvalue weighted by atomic mass is 10.4. The summed E-state index contributed by atoms with van der Waals surface area (Å²) in [4.78, 5) is 29.7.